The molecule has 1 aromatic carbocycles. The molecular formula is C14H19NO2. The van der Waals surface area contributed by atoms with Crippen molar-refractivity contribution in [1.29, 1.82) is 0 Å². The van der Waals surface area contributed by atoms with Crippen LogP contribution in [0.1, 0.15) is 18.4 Å². The minimum atomic E-state index is -0.286. The molecule has 0 bridgehead atoms. The van der Waals surface area contributed by atoms with Crippen molar-refractivity contribution in [2.45, 2.75) is 31.4 Å². The van der Waals surface area contributed by atoms with Gasteiger partial charge in [0.1, 0.15) is 0 Å². The van der Waals surface area contributed by atoms with Gasteiger partial charge in [-0.3, -0.25) is 0 Å². The molecule has 2 N–H and O–H groups in total. The smallest absolute Gasteiger partial charge is 0.0792 e. The molecule has 3 heteroatoms. The van der Waals surface area contributed by atoms with Crippen molar-refractivity contribution >= 4 is 5.69 Å². The zero-order valence-corrected chi connectivity index (χ0v) is 9.93. The Morgan fingerprint density at radius 1 is 1.29 bits per heavy atom. The van der Waals surface area contributed by atoms with E-state index in [1.54, 1.807) is 0 Å². The molecule has 92 valence electrons. The van der Waals surface area contributed by atoms with E-state index in [4.69, 9.17) is 4.74 Å². The van der Waals surface area contributed by atoms with Crippen molar-refractivity contribution in [2.24, 2.45) is 5.92 Å². The van der Waals surface area contributed by atoms with Crippen LogP contribution in [0.2, 0.25) is 0 Å². The second-order valence-corrected chi connectivity index (χ2v) is 5.06. The standard InChI is InChI=1S/C14H19NO2/c16-14(11-7-8-17-9-11)13-6-5-10-3-1-2-4-12(10)15-13/h1-4,11,13-16H,5-9H2. The zero-order valence-electron chi connectivity index (χ0n) is 9.93. The Kier molecular flexibility index (Phi) is 3.04. The average molecular weight is 233 g/mol. The second-order valence-electron chi connectivity index (χ2n) is 5.06. The Hall–Kier alpha value is -1.06. The van der Waals surface area contributed by atoms with E-state index >= 15 is 0 Å². The van der Waals surface area contributed by atoms with Gasteiger partial charge in [-0.1, -0.05) is 18.2 Å². The first-order valence-corrected chi connectivity index (χ1v) is 6.45. The highest BCUT2D eigenvalue weighted by Gasteiger charge is 2.32. The molecule has 3 atom stereocenters. The molecule has 0 spiro atoms. The number of aliphatic hydroxyl groups excluding tert-OH is 1. The quantitative estimate of drug-likeness (QED) is 0.818. The number of hydrogen-bond acceptors (Lipinski definition) is 3. The summed E-state index contributed by atoms with van der Waals surface area (Å²) in [6, 6.07) is 8.54. The summed E-state index contributed by atoms with van der Waals surface area (Å²) < 4.78 is 5.35. The zero-order chi connectivity index (χ0) is 11.7. The lowest BCUT2D eigenvalue weighted by atomic mass is 9.88. The van der Waals surface area contributed by atoms with Crippen molar-refractivity contribution in [2.75, 3.05) is 18.5 Å². The molecule has 2 heterocycles. The van der Waals surface area contributed by atoms with E-state index in [9.17, 15) is 5.11 Å². The SMILES string of the molecule is OC(C1CCOC1)C1CCc2ccccc2N1. The topological polar surface area (TPSA) is 41.5 Å². The highest BCUT2D eigenvalue weighted by atomic mass is 16.5. The highest BCUT2D eigenvalue weighted by Crippen LogP contribution is 2.29. The molecule has 0 amide bonds. The summed E-state index contributed by atoms with van der Waals surface area (Å²) >= 11 is 0. The van der Waals surface area contributed by atoms with Gasteiger partial charge in [-0.05, 0) is 30.9 Å². The maximum atomic E-state index is 10.4. The van der Waals surface area contributed by atoms with E-state index in [0.29, 0.717) is 12.5 Å². The fraction of sp³-hybridized carbons (Fsp3) is 0.571. The van der Waals surface area contributed by atoms with Crippen LogP contribution in [-0.2, 0) is 11.2 Å². The van der Waals surface area contributed by atoms with Crippen LogP contribution >= 0.6 is 0 Å². The molecule has 2 aliphatic heterocycles. The van der Waals surface area contributed by atoms with Gasteiger partial charge in [0, 0.05) is 18.2 Å². The normalized spacial score (nSPS) is 29.5. The number of fused-ring (bicyclic) bond motifs is 1. The number of nitrogens with one attached hydrogen (secondary N) is 1. The number of ether oxygens (including phenoxy) is 1. The van der Waals surface area contributed by atoms with Gasteiger partial charge in [-0.15, -0.1) is 0 Å². The fourth-order valence-corrected chi connectivity index (χ4v) is 2.87. The lowest BCUT2D eigenvalue weighted by Crippen LogP contribution is -2.41. The third-order valence-corrected chi connectivity index (χ3v) is 3.94. The minimum Gasteiger partial charge on any atom is -0.391 e. The first-order chi connectivity index (χ1) is 8.34. The molecular weight excluding hydrogens is 214 g/mol. The van der Waals surface area contributed by atoms with Gasteiger partial charge >= 0.3 is 0 Å². The Balaban J connectivity index is 1.70. The van der Waals surface area contributed by atoms with Gasteiger partial charge in [-0.2, -0.15) is 0 Å². The molecule has 1 fully saturated rings. The van der Waals surface area contributed by atoms with E-state index < -0.39 is 0 Å². The third-order valence-electron chi connectivity index (χ3n) is 3.94. The summed E-state index contributed by atoms with van der Waals surface area (Å²) in [4.78, 5) is 0. The van der Waals surface area contributed by atoms with Crippen LogP contribution < -0.4 is 5.32 Å². The van der Waals surface area contributed by atoms with Crippen LogP contribution in [0.25, 0.3) is 0 Å². The van der Waals surface area contributed by atoms with Gasteiger partial charge in [0.25, 0.3) is 0 Å². The summed E-state index contributed by atoms with van der Waals surface area (Å²) in [6.45, 7) is 1.51. The van der Waals surface area contributed by atoms with Gasteiger partial charge in [0.2, 0.25) is 0 Å². The number of rotatable bonds is 2. The summed E-state index contributed by atoms with van der Waals surface area (Å²) in [5.41, 5.74) is 2.54. The average Bonchev–Trinajstić information content (AvgIpc) is 2.91. The largest absolute Gasteiger partial charge is 0.391 e. The highest BCUT2D eigenvalue weighted by molar-refractivity contribution is 5.53. The Morgan fingerprint density at radius 2 is 2.18 bits per heavy atom. The van der Waals surface area contributed by atoms with Crippen LogP contribution in [0.5, 0.6) is 0 Å². The fourth-order valence-electron chi connectivity index (χ4n) is 2.87. The Morgan fingerprint density at radius 3 is 3.00 bits per heavy atom. The maximum Gasteiger partial charge on any atom is 0.0792 e. The van der Waals surface area contributed by atoms with Crippen molar-refractivity contribution in [3.63, 3.8) is 0 Å². The van der Waals surface area contributed by atoms with Crippen molar-refractivity contribution in [1.82, 2.24) is 0 Å². The van der Waals surface area contributed by atoms with Crippen molar-refractivity contribution in [3.05, 3.63) is 29.8 Å². The van der Waals surface area contributed by atoms with Gasteiger partial charge in [-0.25, -0.2) is 0 Å². The van der Waals surface area contributed by atoms with Gasteiger partial charge < -0.3 is 15.2 Å². The van der Waals surface area contributed by atoms with E-state index in [1.807, 2.05) is 6.07 Å². The predicted octanol–water partition coefficient (Wildman–Crippen LogP) is 1.81. The number of para-hydroxylation sites is 1. The van der Waals surface area contributed by atoms with Crippen molar-refractivity contribution in [3.8, 4) is 0 Å². The van der Waals surface area contributed by atoms with Crippen LogP contribution in [0.15, 0.2) is 24.3 Å². The molecule has 0 aliphatic carbocycles. The van der Waals surface area contributed by atoms with Crippen LogP contribution in [0.3, 0.4) is 0 Å². The van der Waals surface area contributed by atoms with E-state index in [0.717, 1.165) is 25.9 Å². The molecule has 1 aromatic rings. The van der Waals surface area contributed by atoms with E-state index in [-0.39, 0.29) is 12.1 Å². The molecule has 0 saturated carbocycles. The maximum absolute atomic E-state index is 10.4. The van der Waals surface area contributed by atoms with Gasteiger partial charge in [0.05, 0.1) is 18.8 Å². The lowest BCUT2D eigenvalue weighted by Gasteiger charge is -2.32. The number of hydrogen-bond donors (Lipinski definition) is 2. The van der Waals surface area contributed by atoms with E-state index in [2.05, 4.69) is 23.5 Å². The van der Waals surface area contributed by atoms with Crippen molar-refractivity contribution < 1.29 is 9.84 Å². The first kappa shape index (κ1) is 11.1. The second kappa shape index (κ2) is 4.67. The summed E-state index contributed by atoms with van der Waals surface area (Å²) in [5, 5.41) is 13.8. The number of aryl methyl sites for hydroxylation is 1. The molecule has 3 unspecified atom stereocenters. The Bertz CT molecular complexity index is 388. The number of benzene rings is 1. The summed E-state index contributed by atoms with van der Waals surface area (Å²) in [6.07, 6.45) is 2.76. The first-order valence-electron chi connectivity index (χ1n) is 6.45. The summed E-state index contributed by atoms with van der Waals surface area (Å²) in [7, 11) is 0. The summed E-state index contributed by atoms with van der Waals surface area (Å²) in [5.74, 6) is 0.303. The van der Waals surface area contributed by atoms with Crippen LogP contribution in [-0.4, -0.2) is 30.5 Å². The number of aliphatic hydroxyl groups is 1. The Labute approximate surface area is 102 Å². The minimum absolute atomic E-state index is 0.177. The van der Waals surface area contributed by atoms with Crippen LogP contribution in [0.4, 0.5) is 5.69 Å². The van der Waals surface area contributed by atoms with Gasteiger partial charge in [0.15, 0.2) is 0 Å². The molecule has 0 radical (unpaired) electrons. The number of anilines is 1. The molecule has 1 saturated heterocycles. The molecule has 0 aromatic heterocycles. The third kappa shape index (κ3) is 2.17. The molecule has 3 rings (SSSR count). The van der Waals surface area contributed by atoms with E-state index in [1.165, 1.54) is 11.3 Å². The molecule has 3 nitrogen and oxygen atoms in total. The molecule has 2 aliphatic rings. The van der Waals surface area contributed by atoms with Crippen LogP contribution in [0, 0.1) is 5.92 Å². The predicted molar refractivity (Wildman–Crippen MR) is 67.1 cm³/mol. The monoisotopic (exact) mass is 233 g/mol. The molecule has 17 heavy (non-hydrogen) atoms. The lowest BCUT2D eigenvalue weighted by molar-refractivity contribution is 0.0730.